The molecular weight excluding hydrogens is 294 g/mol. The van der Waals surface area contributed by atoms with Crippen molar-refractivity contribution in [3.05, 3.63) is 28.2 Å². The first-order valence-corrected chi connectivity index (χ1v) is 7.12. The van der Waals surface area contributed by atoms with E-state index in [-0.39, 0.29) is 0 Å². The number of rotatable bonds is 3. The molecule has 0 amide bonds. The second kappa shape index (κ2) is 6.04. The fraction of sp³-hybridized carbons (Fsp3) is 0.571. The Bertz CT molecular complexity index is 411. The van der Waals surface area contributed by atoms with Gasteiger partial charge in [0.1, 0.15) is 5.75 Å². The number of hydrogen-bond donors (Lipinski definition) is 1. The van der Waals surface area contributed by atoms with Crippen LogP contribution in [0.1, 0.15) is 18.9 Å². The van der Waals surface area contributed by atoms with Crippen LogP contribution in [-0.2, 0) is 11.3 Å². The maximum absolute atomic E-state index is 9.48. The van der Waals surface area contributed by atoms with Crippen LogP contribution in [0.5, 0.6) is 5.75 Å². The van der Waals surface area contributed by atoms with Gasteiger partial charge in [-0.05, 0) is 52.5 Å². The molecule has 2 rings (SSSR count). The quantitative estimate of drug-likeness (QED) is 0.931. The molecule has 1 aliphatic heterocycles. The van der Waals surface area contributed by atoms with Crippen LogP contribution in [0.4, 0.5) is 0 Å². The van der Waals surface area contributed by atoms with Crippen LogP contribution in [0, 0.1) is 5.92 Å². The van der Waals surface area contributed by atoms with Gasteiger partial charge >= 0.3 is 0 Å². The fourth-order valence-electron chi connectivity index (χ4n) is 2.46. The number of aromatic hydroxyl groups is 1. The van der Waals surface area contributed by atoms with Crippen LogP contribution in [0.15, 0.2) is 22.7 Å². The van der Waals surface area contributed by atoms with Crippen LogP contribution in [0.2, 0.25) is 0 Å². The number of phenolic OH excluding ortho intramolecular Hbond substituents is 1. The summed E-state index contributed by atoms with van der Waals surface area (Å²) in [5.41, 5.74) is 1.21. The molecule has 2 unspecified atom stereocenters. The lowest BCUT2D eigenvalue weighted by Gasteiger charge is -2.36. The second-order valence-corrected chi connectivity index (χ2v) is 5.92. The predicted molar refractivity (Wildman–Crippen MR) is 75.7 cm³/mol. The first-order valence-electron chi connectivity index (χ1n) is 6.32. The average molecular weight is 314 g/mol. The number of hydrogen-bond acceptors (Lipinski definition) is 3. The molecule has 0 aromatic heterocycles. The standard InChI is InChI=1S/C14H20BrNO2/c1-10-5-6-16(9-14(10)18-2)8-11-3-4-13(17)12(15)7-11/h3-4,7,10,14,17H,5-6,8-9H2,1-2H3. The SMILES string of the molecule is COC1CN(Cc2ccc(O)c(Br)c2)CCC1C. The molecule has 0 bridgehead atoms. The van der Waals surface area contributed by atoms with Crippen LogP contribution < -0.4 is 0 Å². The Balaban J connectivity index is 1.99. The minimum Gasteiger partial charge on any atom is -0.507 e. The third-order valence-corrected chi connectivity index (χ3v) is 4.33. The van der Waals surface area contributed by atoms with Crippen molar-refractivity contribution in [2.75, 3.05) is 20.2 Å². The van der Waals surface area contributed by atoms with E-state index < -0.39 is 0 Å². The van der Waals surface area contributed by atoms with E-state index in [4.69, 9.17) is 4.74 Å². The summed E-state index contributed by atoms with van der Waals surface area (Å²) >= 11 is 3.35. The highest BCUT2D eigenvalue weighted by Crippen LogP contribution is 2.26. The smallest absolute Gasteiger partial charge is 0.129 e. The van der Waals surface area contributed by atoms with Gasteiger partial charge in [0.05, 0.1) is 10.6 Å². The van der Waals surface area contributed by atoms with Crippen molar-refractivity contribution in [1.82, 2.24) is 4.90 Å². The van der Waals surface area contributed by atoms with Gasteiger partial charge in [-0.3, -0.25) is 4.90 Å². The van der Waals surface area contributed by atoms with Crippen LogP contribution in [0.25, 0.3) is 0 Å². The van der Waals surface area contributed by atoms with Crippen molar-refractivity contribution < 1.29 is 9.84 Å². The number of benzene rings is 1. The molecule has 1 heterocycles. The van der Waals surface area contributed by atoms with Crippen LogP contribution in [-0.4, -0.2) is 36.3 Å². The molecule has 1 N–H and O–H groups in total. The Morgan fingerprint density at radius 2 is 2.28 bits per heavy atom. The summed E-state index contributed by atoms with van der Waals surface area (Å²) in [6.45, 7) is 5.25. The summed E-state index contributed by atoms with van der Waals surface area (Å²) in [5, 5.41) is 9.48. The molecular formula is C14H20BrNO2. The molecule has 1 aromatic carbocycles. The molecule has 1 aromatic rings. The number of phenols is 1. The molecule has 1 aliphatic rings. The number of likely N-dealkylation sites (tertiary alicyclic amines) is 1. The highest BCUT2D eigenvalue weighted by molar-refractivity contribution is 9.10. The minimum absolute atomic E-state index is 0.292. The molecule has 0 radical (unpaired) electrons. The second-order valence-electron chi connectivity index (χ2n) is 5.06. The van der Waals surface area contributed by atoms with Crippen molar-refractivity contribution in [3.63, 3.8) is 0 Å². The van der Waals surface area contributed by atoms with Gasteiger partial charge < -0.3 is 9.84 Å². The normalized spacial score (nSPS) is 25.3. The van der Waals surface area contributed by atoms with E-state index in [1.54, 1.807) is 13.2 Å². The van der Waals surface area contributed by atoms with Gasteiger partial charge in [0.15, 0.2) is 0 Å². The summed E-state index contributed by atoms with van der Waals surface area (Å²) < 4.78 is 6.28. The van der Waals surface area contributed by atoms with Crippen molar-refractivity contribution in [1.29, 1.82) is 0 Å². The molecule has 2 atom stereocenters. The molecule has 18 heavy (non-hydrogen) atoms. The summed E-state index contributed by atoms with van der Waals surface area (Å²) in [7, 11) is 1.79. The van der Waals surface area contributed by atoms with E-state index in [1.807, 2.05) is 12.1 Å². The van der Waals surface area contributed by atoms with E-state index in [2.05, 4.69) is 27.8 Å². The van der Waals surface area contributed by atoms with Gasteiger partial charge in [0.25, 0.3) is 0 Å². The van der Waals surface area contributed by atoms with Crippen molar-refractivity contribution >= 4 is 15.9 Å². The van der Waals surface area contributed by atoms with E-state index >= 15 is 0 Å². The van der Waals surface area contributed by atoms with Gasteiger partial charge in [-0.25, -0.2) is 0 Å². The van der Waals surface area contributed by atoms with Gasteiger partial charge in [0.2, 0.25) is 0 Å². The summed E-state index contributed by atoms with van der Waals surface area (Å²) in [6, 6.07) is 5.69. The number of nitrogens with zero attached hydrogens (tertiary/aromatic N) is 1. The molecule has 100 valence electrons. The first-order chi connectivity index (χ1) is 8.60. The number of ether oxygens (including phenoxy) is 1. The lowest BCUT2D eigenvalue weighted by atomic mass is 9.95. The van der Waals surface area contributed by atoms with Crippen molar-refractivity contribution in [2.24, 2.45) is 5.92 Å². The van der Waals surface area contributed by atoms with E-state index in [0.29, 0.717) is 17.8 Å². The third-order valence-electron chi connectivity index (χ3n) is 3.69. The molecule has 0 aliphatic carbocycles. The van der Waals surface area contributed by atoms with Gasteiger partial charge in [-0.2, -0.15) is 0 Å². The Morgan fingerprint density at radius 3 is 2.94 bits per heavy atom. The molecule has 4 heteroatoms. The zero-order chi connectivity index (χ0) is 13.1. The molecule has 0 saturated carbocycles. The predicted octanol–water partition coefficient (Wildman–Crippen LogP) is 3.01. The monoisotopic (exact) mass is 313 g/mol. The van der Waals surface area contributed by atoms with E-state index in [1.165, 1.54) is 12.0 Å². The minimum atomic E-state index is 0.292. The average Bonchev–Trinajstić information content (AvgIpc) is 2.36. The highest BCUT2D eigenvalue weighted by atomic mass is 79.9. The maximum Gasteiger partial charge on any atom is 0.129 e. The Labute approximate surface area is 117 Å². The molecule has 1 fully saturated rings. The lowest BCUT2D eigenvalue weighted by molar-refractivity contribution is -0.00745. The van der Waals surface area contributed by atoms with E-state index in [9.17, 15) is 5.11 Å². The van der Waals surface area contributed by atoms with E-state index in [0.717, 1.165) is 24.1 Å². The summed E-state index contributed by atoms with van der Waals surface area (Å²) in [5.74, 6) is 0.929. The molecule has 0 spiro atoms. The van der Waals surface area contributed by atoms with Crippen LogP contribution >= 0.6 is 15.9 Å². The first kappa shape index (κ1) is 13.8. The van der Waals surface area contributed by atoms with Crippen molar-refractivity contribution in [2.45, 2.75) is 26.0 Å². The van der Waals surface area contributed by atoms with Crippen molar-refractivity contribution in [3.8, 4) is 5.75 Å². The van der Waals surface area contributed by atoms with Crippen LogP contribution in [0.3, 0.4) is 0 Å². The molecule has 3 nitrogen and oxygen atoms in total. The number of halogens is 1. The van der Waals surface area contributed by atoms with Gasteiger partial charge in [-0.1, -0.05) is 13.0 Å². The zero-order valence-corrected chi connectivity index (χ0v) is 12.5. The maximum atomic E-state index is 9.48. The molecule has 1 saturated heterocycles. The van der Waals surface area contributed by atoms with Gasteiger partial charge in [0, 0.05) is 20.2 Å². The largest absolute Gasteiger partial charge is 0.507 e. The Kier molecular flexibility index (Phi) is 4.65. The zero-order valence-electron chi connectivity index (χ0n) is 10.9. The lowest BCUT2D eigenvalue weighted by Crippen LogP contribution is -2.43. The third kappa shape index (κ3) is 3.25. The topological polar surface area (TPSA) is 32.7 Å². The summed E-state index contributed by atoms with van der Waals surface area (Å²) in [4.78, 5) is 2.41. The number of methoxy groups -OCH3 is 1. The summed E-state index contributed by atoms with van der Waals surface area (Å²) in [6.07, 6.45) is 1.51. The number of piperidine rings is 1. The Morgan fingerprint density at radius 1 is 1.50 bits per heavy atom. The highest BCUT2D eigenvalue weighted by Gasteiger charge is 2.25. The fourth-order valence-corrected chi connectivity index (χ4v) is 2.88. The Hall–Kier alpha value is -0.580. The van der Waals surface area contributed by atoms with Gasteiger partial charge in [-0.15, -0.1) is 0 Å².